The summed E-state index contributed by atoms with van der Waals surface area (Å²) >= 11 is 8.55. The third-order valence-electron chi connectivity index (χ3n) is 5.94. The van der Waals surface area contributed by atoms with Crippen LogP contribution in [0.2, 0.25) is 4.34 Å². The van der Waals surface area contributed by atoms with Crippen LogP contribution in [0.3, 0.4) is 0 Å². The SMILES string of the molecule is CN1CCc2nc(C(=O)Nc3cc(-c4nnnn4CCC#N)ccc3CNC(=O)c3ccc(Cl)s3)sc2C1. The summed E-state index contributed by atoms with van der Waals surface area (Å²) in [6, 6.07) is 10.8. The van der Waals surface area contributed by atoms with E-state index in [1.54, 1.807) is 24.3 Å². The van der Waals surface area contributed by atoms with Crippen LogP contribution in [0.5, 0.6) is 0 Å². The first-order chi connectivity index (χ1) is 18.4. The second-order valence-electron chi connectivity index (χ2n) is 8.62. The molecule has 3 aromatic heterocycles. The largest absolute Gasteiger partial charge is 0.347 e. The zero-order chi connectivity index (χ0) is 26.6. The molecule has 1 aliphatic heterocycles. The molecule has 38 heavy (non-hydrogen) atoms. The smallest absolute Gasteiger partial charge is 0.284 e. The van der Waals surface area contributed by atoms with Crippen LogP contribution in [0.25, 0.3) is 11.4 Å². The molecule has 0 unspecified atom stereocenters. The van der Waals surface area contributed by atoms with Crippen LogP contribution >= 0.6 is 34.3 Å². The van der Waals surface area contributed by atoms with E-state index in [1.807, 2.05) is 13.1 Å². The number of nitriles is 1. The molecule has 0 fully saturated rings. The van der Waals surface area contributed by atoms with Gasteiger partial charge >= 0.3 is 0 Å². The Kier molecular flexibility index (Phi) is 7.75. The summed E-state index contributed by atoms with van der Waals surface area (Å²) in [5, 5.41) is 27.0. The van der Waals surface area contributed by atoms with Crippen molar-refractivity contribution in [1.82, 2.24) is 35.4 Å². The fourth-order valence-electron chi connectivity index (χ4n) is 4.00. The number of carbonyl (C=O) groups is 2. The molecule has 0 radical (unpaired) electrons. The number of thiophene rings is 1. The number of thiazole rings is 1. The van der Waals surface area contributed by atoms with Gasteiger partial charge in [-0.3, -0.25) is 9.59 Å². The number of nitrogens with zero attached hydrogens (tertiary/aromatic N) is 7. The lowest BCUT2D eigenvalue weighted by Gasteiger charge is -2.20. The molecule has 1 aromatic carbocycles. The number of hydrogen-bond donors (Lipinski definition) is 2. The fourth-order valence-corrected chi connectivity index (χ4v) is 6.04. The Morgan fingerprint density at radius 1 is 1.21 bits per heavy atom. The second kappa shape index (κ2) is 11.4. The summed E-state index contributed by atoms with van der Waals surface area (Å²) in [5.74, 6) is -0.126. The molecule has 11 nitrogen and oxygen atoms in total. The van der Waals surface area contributed by atoms with Crippen molar-refractivity contribution in [3.8, 4) is 17.5 Å². The lowest BCUT2D eigenvalue weighted by molar-refractivity contribution is 0.0954. The minimum Gasteiger partial charge on any atom is -0.347 e. The summed E-state index contributed by atoms with van der Waals surface area (Å²) in [4.78, 5) is 34.2. The van der Waals surface area contributed by atoms with E-state index >= 15 is 0 Å². The Bertz CT molecular complexity index is 1540. The molecule has 4 aromatic rings. The average Bonchev–Trinajstić information content (AvgIpc) is 3.65. The van der Waals surface area contributed by atoms with Gasteiger partial charge in [0.15, 0.2) is 10.8 Å². The number of tetrazole rings is 1. The van der Waals surface area contributed by atoms with E-state index < -0.39 is 0 Å². The van der Waals surface area contributed by atoms with Crippen molar-refractivity contribution >= 4 is 51.8 Å². The number of carbonyl (C=O) groups excluding carboxylic acids is 2. The highest BCUT2D eigenvalue weighted by molar-refractivity contribution is 7.18. The number of rotatable bonds is 8. The highest BCUT2D eigenvalue weighted by Crippen LogP contribution is 2.28. The molecule has 0 saturated carbocycles. The monoisotopic (exact) mass is 567 g/mol. The van der Waals surface area contributed by atoms with E-state index in [4.69, 9.17) is 16.9 Å². The van der Waals surface area contributed by atoms with Gasteiger partial charge in [0, 0.05) is 42.2 Å². The zero-order valence-corrected chi connectivity index (χ0v) is 22.7. The fraction of sp³-hybridized carbons (Fsp3) is 0.292. The minimum absolute atomic E-state index is 0.169. The van der Waals surface area contributed by atoms with Gasteiger partial charge in [-0.2, -0.15) is 5.26 Å². The van der Waals surface area contributed by atoms with Gasteiger partial charge < -0.3 is 15.5 Å². The Morgan fingerprint density at radius 3 is 2.87 bits per heavy atom. The van der Waals surface area contributed by atoms with Crippen molar-refractivity contribution in [2.45, 2.75) is 32.5 Å². The first-order valence-corrected chi connectivity index (χ1v) is 13.7. The van der Waals surface area contributed by atoms with Crippen molar-refractivity contribution in [2.75, 3.05) is 18.9 Å². The summed E-state index contributed by atoms with van der Waals surface area (Å²) < 4.78 is 2.07. The predicted molar refractivity (Wildman–Crippen MR) is 144 cm³/mol. The van der Waals surface area contributed by atoms with Gasteiger partial charge in [-0.15, -0.1) is 27.8 Å². The normalized spacial score (nSPS) is 13.1. The first kappa shape index (κ1) is 25.9. The van der Waals surface area contributed by atoms with E-state index in [-0.39, 0.29) is 24.8 Å². The van der Waals surface area contributed by atoms with Crippen molar-refractivity contribution in [2.24, 2.45) is 0 Å². The highest BCUT2D eigenvalue weighted by Gasteiger charge is 2.22. The Labute approximate surface area is 231 Å². The van der Waals surface area contributed by atoms with Crippen LogP contribution in [0.1, 0.15) is 42.0 Å². The number of halogens is 1. The van der Waals surface area contributed by atoms with Crippen LogP contribution in [-0.2, 0) is 26.1 Å². The number of amides is 2. The molecule has 0 aliphatic carbocycles. The third-order valence-corrected chi connectivity index (χ3v) is 8.25. The summed E-state index contributed by atoms with van der Waals surface area (Å²) in [6.45, 7) is 2.18. The van der Waals surface area contributed by atoms with Gasteiger partial charge in [0.1, 0.15) is 0 Å². The lowest BCUT2D eigenvalue weighted by atomic mass is 10.1. The van der Waals surface area contributed by atoms with Crippen LogP contribution in [0, 0.1) is 11.3 Å². The molecule has 1 aliphatic rings. The van der Waals surface area contributed by atoms with Crippen LogP contribution in [-0.4, -0.2) is 55.5 Å². The maximum Gasteiger partial charge on any atom is 0.284 e. The van der Waals surface area contributed by atoms with Gasteiger partial charge in [-0.05, 0) is 41.2 Å². The van der Waals surface area contributed by atoms with Crippen molar-refractivity contribution in [3.63, 3.8) is 0 Å². The highest BCUT2D eigenvalue weighted by atomic mass is 35.5. The minimum atomic E-state index is -0.328. The van der Waals surface area contributed by atoms with Crippen molar-refractivity contribution in [1.29, 1.82) is 5.26 Å². The molecular weight excluding hydrogens is 546 g/mol. The number of hydrogen-bond acceptors (Lipinski definition) is 10. The molecular formula is C24H22ClN9O2S2. The van der Waals surface area contributed by atoms with Crippen molar-refractivity contribution < 1.29 is 9.59 Å². The molecule has 0 atom stereocenters. The Morgan fingerprint density at radius 2 is 2.08 bits per heavy atom. The van der Waals surface area contributed by atoms with E-state index in [9.17, 15) is 9.59 Å². The zero-order valence-electron chi connectivity index (χ0n) is 20.3. The average molecular weight is 568 g/mol. The summed E-state index contributed by atoms with van der Waals surface area (Å²) in [7, 11) is 2.04. The summed E-state index contributed by atoms with van der Waals surface area (Å²) in [5.41, 5.74) is 2.81. The van der Waals surface area contributed by atoms with Gasteiger partial charge in [0.2, 0.25) is 0 Å². The molecule has 2 amide bonds. The molecule has 14 heteroatoms. The van der Waals surface area contributed by atoms with Gasteiger partial charge in [0.25, 0.3) is 11.8 Å². The van der Waals surface area contributed by atoms with E-state index in [2.05, 4.69) is 42.1 Å². The van der Waals surface area contributed by atoms with Crippen LogP contribution < -0.4 is 10.6 Å². The number of fused-ring (bicyclic) bond motifs is 1. The maximum atomic E-state index is 13.3. The molecule has 5 rings (SSSR count). The Hall–Kier alpha value is -3.70. The lowest BCUT2D eigenvalue weighted by Crippen LogP contribution is -2.25. The first-order valence-electron chi connectivity index (χ1n) is 11.7. The van der Waals surface area contributed by atoms with E-state index in [0.29, 0.717) is 43.4 Å². The quantitative estimate of drug-likeness (QED) is 0.329. The second-order valence-corrected chi connectivity index (χ2v) is 11.4. The maximum absolute atomic E-state index is 13.3. The predicted octanol–water partition coefficient (Wildman–Crippen LogP) is 3.60. The number of likely N-dealkylation sites (N-methyl/N-ethyl adjacent to an activating group) is 1. The van der Waals surface area contributed by atoms with Gasteiger partial charge in [-0.25, -0.2) is 9.67 Å². The van der Waals surface area contributed by atoms with Gasteiger partial charge in [0.05, 0.1) is 33.9 Å². The number of aryl methyl sites for hydroxylation is 1. The summed E-state index contributed by atoms with van der Waals surface area (Å²) in [6.07, 6.45) is 1.06. The molecule has 4 heterocycles. The number of anilines is 1. The number of nitrogens with one attached hydrogen (secondary N) is 2. The van der Waals surface area contributed by atoms with Crippen LogP contribution in [0.4, 0.5) is 5.69 Å². The van der Waals surface area contributed by atoms with Crippen molar-refractivity contribution in [3.05, 3.63) is 60.7 Å². The molecule has 0 spiro atoms. The topological polar surface area (TPSA) is 142 Å². The molecule has 194 valence electrons. The third kappa shape index (κ3) is 5.73. The molecule has 0 saturated heterocycles. The van der Waals surface area contributed by atoms with Gasteiger partial charge in [-0.1, -0.05) is 23.7 Å². The van der Waals surface area contributed by atoms with E-state index in [0.717, 1.165) is 30.1 Å². The standard InChI is InChI=1S/C24H22ClN9O2S2/c1-33-10-7-16-19(13-33)38-24(29-16)23(36)28-17-11-14(21-30-31-32-34(21)9-2-8-26)3-4-15(17)12-27-22(35)18-5-6-20(25)37-18/h3-6,11H,2,7,9-10,12-13H2,1H3,(H,27,35)(H,28,36). The molecule has 2 N–H and O–H groups in total. The van der Waals surface area contributed by atoms with E-state index in [1.165, 1.54) is 27.4 Å². The number of aromatic nitrogens is 5. The Balaban J connectivity index is 1.42. The number of benzene rings is 1. The molecule has 0 bridgehead atoms. The van der Waals surface area contributed by atoms with Crippen LogP contribution in [0.15, 0.2) is 30.3 Å².